The van der Waals surface area contributed by atoms with Gasteiger partial charge < -0.3 is 9.64 Å². The summed E-state index contributed by atoms with van der Waals surface area (Å²) in [5, 5.41) is 28.2. The minimum absolute atomic E-state index is 0.359. The highest BCUT2D eigenvalue weighted by Crippen LogP contribution is 2.42. The Labute approximate surface area is 152 Å². The number of nitrogens with zero attached hydrogens (tertiary/aromatic N) is 4. The van der Waals surface area contributed by atoms with Crippen LogP contribution in [0, 0.1) is 22.7 Å². The molecule has 1 N–H and O–H groups in total. The monoisotopic (exact) mass is 345 g/mol. The van der Waals surface area contributed by atoms with Crippen LogP contribution in [0.2, 0.25) is 0 Å². The molecule has 0 radical (unpaired) electrons. The predicted molar refractivity (Wildman–Crippen MR) is 96.7 cm³/mol. The Kier molecular flexibility index (Phi) is 3.99. The molecule has 0 amide bonds. The van der Waals surface area contributed by atoms with Crippen LogP contribution in [0.4, 0.5) is 0 Å². The summed E-state index contributed by atoms with van der Waals surface area (Å²) in [4.78, 5) is 2.06. The minimum Gasteiger partial charge on any atom is -0.373 e. The lowest BCUT2D eigenvalue weighted by Gasteiger charge is -2.39. The summed E-state index contributed by atoms with van der Waals surface area (Å²) in [6.45, 7) is 5.71. The van der Waals surface area contributed by atoms with Crippen LogP contribution in [0.1, 0.15) is 31.0 Å². The molecule has 2 aromatic rings. The van der Waals surface area contributed by atoms with Crippen LogP contribution in [0.3, 0.4) is 0 Å². The van der Waals surface area contributed by atoms with Crippen LogP contribution in [-0.4, -0.2) is 34.9 Å². The average Bonchev–Trinajstić information content (AvgIpc) is 3.10. The first-order valence-electron chi connectivity index (χ1n) is 8.75. The fraction of sp³-hybridized carbons (Fsp3) is 0.350. The summed E-state index contributed by atoms with van der Waals surface area (Å²) >= 11 is 0. The summed E-state index contributed by atoms with van der Waals surface area (Å²) in [5.74, 6) is -0.359. The molecule has 1 unspecified atom stereocenters. The average molecular weight is 345 g/mol. The molecule has 0 saturated carbocycles. The van der Waals surface area contributed by atoms with E-state index in [0.717, 1.165) is 40.0 Å². The second-order valence-corrected chi connectivity index (χ2v) is 6.55. The van der Waals surface area contributed by atoms with E-state index in [2.05, 4.69) is 40.2 Å². The first-order chi connectivity index (χ1) is 12.7. The Balaban J connectivity index is 1.93. The van der Waals surface area contributed by atoms with Gasteiger partial charge >= 0.3 is 0 Å². The summed E-state index contributed by atoms with van der Waals surface area (Å²) < 4.78 is 5.60. The Bertz CT molecular complexity index is 1030. The van der Waals surface area contributed by atoms with Gasteiger partial charge in [-0.3, -0.25) is 5.10 Å². The Morgan fingerprint density at radius 2 is 2.12 bits per heavy atom. The molecule has 2 aliphatic rings. The maximum Gasteiger partial charge on any atom is 0.0976 e. The zero-order valence-corrected chi connectivity index (χ0v) is 14.8. The van der Waals surface area contributed by atoms with Gasteiger partial charge in [-0.25, -0.2) is 0 Å². The van der Waals surface area contributed by atoms with Crippen molar-refractivity contribution in [1.29, 1.82) is 10.5 Å². The predicted octanol–water partition coefficient (Wildman–Crippen LogP) is 3.13. The number of rotatable bonds is 2. The molecule has 0 aliphatic carbocycles. The highest BCUT2D eigenvalue weighted by Gasteiger charge is 2.36. The summed E-state index contributed by atoms with van der Waals surface area (Å²) in [6, 6.07) is 10.7. The standard InChI is InChI=1S/C20H19N5O/c1-3-17-14-8-13(4-5-18(14)24-23-17)20-15(9-21)12(2)25-6-7-26-11-19(25)16(20)10-22/h4-5,8,20H,3,6-7,11H2,1-2H3,(H,23,24). The normalized spacial score (nSPS) is 20.2. The van der Waals surface area contributed by atoms with Gasteiger partial charge in [0.2, 0.25) is 0 Å². The molecule has 1 aromatic carbocycles. The summed E-state index contributed by atoms with van der Waals surface area (Å²) in [5.41, 5.74) is 5.93. The van der Waals surface area contributed by atoms with Crippen molar-refractivity contribution in [2.45, 2.75) is 26.2 Å². The van der Waals surface area contributed by atoms with Crippen LogP contribution in [-0.2, 0) is 11.2 Å². The molecular weight excluding hydrogens is 326 g/mol. The highest BCUT2D eigenvalue weighted by atomic mass is 16.5. The molecule has 3 heterocycles. The number of ether oxygens (including phenoxy) is 1. The summed E-state index contributed by atoms with van der Waals surface area (Å²) in [7, 11) is 0. The van der Waals surface area contributed by atoms with Gasteiger partial charge in [0.05, 0.1) is 53.6 Å². The van der Waals surface area contributed by atoms with E-state index in [1.54, 1.807) is 0 Å². The van der Waals surface area contributed by atoms with E-state index in [1.807, 2.05) is 19.1 Å². The smallest absolute Gasteiger partial charge is 0.0976 e. The number of hydrogen-bond acceptors (Lipinski definition) is 5. The lowest BCUT2D eigenvalue weighted by Crippen LogP contribution is -2.38. The molecule has 1 saturated heterocycles. The van der Waals surface area contributed by atoms with Crippen LogP contribution >= 0.6 is 0 Å². The minimum atomic E-state index is -0.359. The second-order valence-electron chi connectivity index (χ2n) is 6.55. The van der Waals surface area contributed by atoms with E-state index in [1.165, 1.54) is 0 Å². The zero-order valence-electron chi connectivity index (χ0n) is 14.8. The fourth-order valence-corrected chi connectivity index (χ4v) is 3.93. The third-order valence-electron chi connectivity index (χ3n) is 5.29. The number of aromatic nitrogens is 2. The van der Waals surface area contributed by atoms with Crippen LogP contribution in [0.15, 0.2) is 40.7 Å². The third kappa shape index (κ3) is 2.31. The largest absolute Gasteiger partial charge is 0.373 e. The lowest BCUT2D eigenvalue weighted by molar-refractivity contribution is 0.0836. The molecule has 26 heavy (non-hydrogen) atoms. The molecule has 1 atom stereocenters. The van der Waals surface area contributed by atoms with Crippen LogP contribution < -0.4 is 0 Å². The molecular formula is C20H19N5O. The van der Waals surface area contributed by atoms with E-state index in [0.29, 0.717) is 30.9 Å². The fourth-order valence-electron chi connectivity index (χ4n) is 3.93. The van der Waals surface area contributed by atoms with Crippen molar-refractivity contribution in [2.24, 2.45) is 0 Å². The van der Waals surface area contributed by atoms with Crippen molar-refractivity contribution in [3.63, 3.8) is 0 Å². The van der Waals surface area contributed by atoms with E-state index < -0.39 is 0 Å². The maximum atomic E-state index is 9.89. The molecule has 4 rings (SSSR count). The number of hydrogen-bond donors (Lipinski definition) is 1. The molecule has 2 aliphatic heterocycles. The first kappa shape index (κ1) is 16.4. The number of nitrogens with one attached hydrogen (secondary N) is 1. The zero-order chi connectivity index (χ0) is 18.3. The topological polar surface area (TPSA) is 88.7 Å². The van der Waals surface area contributed by atoms with Crippen molar-refractivity contribution in [1.82, 2.24) is 15.1 Å². The molecule has 6 nitrogen and oxygen atoms in total. The number of H-pyrrole nitrogens is 1. The van der Waals surface area contributed by atoms with Gasteiger partial charge in [-0.15, -0.1) is 0 Å². The van der Waals surface area contributed by atoms with E-state index in [9.17, 15) is 10.5 Å². The third-order valence-corrected chi connectivity index (χ3v) is 5.29. The molecule has 1 aromatic heterocycles. The Morgan fingerprint density at radius 1 is 1.31 bits per heavy atom. The van der Waals surface area contributed by atoms with E-state index in [-0.39, 0.29) is 5.92 Å². The van der Waals surface area contributed by atoms with Crippen molar-refractivity contribution >= 4 is 10.9 Å². The quantitative estimate of drug-likeness (QED) is 0.903. The number of morpholine rings is 1. The first-order valence-corrected chi connectivity index (χ1v) is 8.75. The van der Waals surface area contributed by atoms with Gasteiger partial charge in [0, 0.05) is 23.3 Å². The van der Waals surface area contributed by atoms with Crippen molar-refractivity contribution < 1.29 is 4.74 Å². The number of fused-ring (bicyclic) bond motifs is 2. The number of aryl methyl sites for hydroxylation is 1. The summed E-state index contributed by atoms with van der Waals surface area (Å²) in [6.07, 6.45) is 0.846. The van der Waals surface area contributed by atoms with Gasteiger partial charge in [0.1, 0.15) is 0 Å². The van der Waals surface area contributed by atoms with Gasteiger partial charge in [0.15, 0.2) is 0 Å². The van der Waals surface area contributed by atoms with Gasteiger partial charge in [-0.05, 0) is 31.0 Å². The number of aromatic amines is 1. The van der Waals surface area contributed by atoms with Crippen LogP contribution in [0.25, 0.3) is 10.9 Å². The Hall–Kier alpha value is -3.09. The number of allylic oxidation sites excluding steroid dienone is 3. The molecule has 0 spiro atoms. The van der Waals surface area contributed by atoms with E-state index in [4.69, 9.17) is 4.74 Å². The highest BCUT2D eigenvalue weighted by molar-refractivity contribution is 5.82. The van der Waals surface area contributed by atoms with Gasteiger partial charge in [-0.1, -0.05) is 13.0 Å². The SMILES string of the molecule is CCc1[nH]nc2ccc(C3C(C#N)=C(C)N4CCOCC4=C3C#N)cc12. The van der Waals surface area contributed by atoms with Gasteiger partial charge in [-0.2, -0.15) is 15.6 Å². The lowest BCUT2D eigenvalue weighted by atomic mass is 9.80. The molecule has 130 valence electrons. The molecule has 0 bridgehead atoms. The molecule has 1 fully saturated rings. The molecule has 6 heteroatoms. The number of benzene rings is 1. The van der Waals surface area contributed by atoms with Crippen LogP contribution in [0.5, 0.6) is 0 Å². The van der Waals surface area contributed by atoms with Crippen molar-refractivity contribution in [2.75, 3.05) is 19.8 Å². The second kappa shape index (κ2) is 6.33. The van der Waals surface area contributed by atoms with Gasteiger partial charge in [0.25, 0.3) is 0 Å². The maximum absolute atomic E-state index is 9.89. The van der Waals surface area contributed by atoms with Crippen molar-refractivity contribution in [3.8, 4) is 12.1 Å². The van der Waals surface area contributed by atoms with E-state index >= 15 is 0 Å². The Morgan fingerprint density at radius 3 is 2.85 bits per heavy atom. The number of nitriles is 2. The van der Waals surface area contributed by atoms with Crippen molar-refractivity contribution in [3.05, 3.63) is 52.0 Å².